The predicted octanol–water partition coefficient (Wildman–Crippen LogP) is 3.47. The van der Waals surface area contributed by atoms with E-state index >= 15 is 0 Å². The second kappa shape index (κ2) is 7.73. The molecule has 5 heteroatoms. The standard InChI is InChI=1S/C14H20Cl2N2O/c1-3-5-11(17)8-13(19)18(2)9-10-6-4-7-12(15)14(10)16/h4,6-7,11H,3,5,8-9,17H2,1-2H3. The maximum atomic E-state index is 12.0. The van der Waals surface area contributed by atoms with Crippen LogP contribution in [0.3, 0.4) is 0 Å². The van der Waals surface area contributed by atoms with Crippen molar-refractivity contribution in [2.24, 2.45) is 5.73 Å². The first kappa shape index (κ1) is 16.3. The molecule has 1 amide bonds. The first-order valence-electron chi connectivity index (χ1n) is 6.38. The number of halogens is 2. The molecule has 0 aliphatic heterocycles. The summed E-state index contributed by atoms with van der Waals surface area (Å²) in [6.07, 6.45) is 2.21. The minimum absolute atomic E-state index is 0.0250. The molecular weight excluding hydrogens is 283 g/mol. The Kier molecular flexibility index (Phi) is 6.63. The molecule has 1 atom stereocenters. The molecule has 0 aromatic heterocycles. The van der Waals surface area contributed by atoms with E-state index in [4.69, 9.17) is 28.9 Å². The summed E-state index contributed by atoms with van der Waals surface area (Å²) in [6.45, 7) is 2.50. The van der Waals surface area contributed by atoms with E-state index < -0.39 is 0 Å². The van der Waals surface area contributed by atoms with Crippen molar-refractivity contribution in [2.45, 2.75) is 38.8 Å². The van der Waals surface area contributed by atoms with Crippen LogP contribution in [0.4, 0.5) is 0 Å². The Bertz CT molecular complexity index is 437. The van der Waals surface area contributed by atoms with Crippen LogP contribution >= 0.6 is 23.2 Å². The predicted molar refractivity (Wildman–Crippen MR) is 80.4 cm³/mol. The number of nitrogens with zero attached hydrogens (tertiary/aromatic N) is 1. The van der Waals surface area contributed by atoms with Crippen molar-refractivity contribution < 1.29 is 4.79 Å². The lowest BCUT2D eigenvalue weighted by Gasteiger charge is -2.20. The highest BCUT2D eigenvalue weighted by Crippen LogP contribution is 2.26. The van der Waals surface area contributed by atoms with E-state index in [9.17, 15) is 4.79 Å². The van der Waals surface area contributed by atoms with Crippen molar-refractivity contribution in [2.75, 3.05) is 7.05 Å². The van der Waals surface area contributed by atoms with Gasteiger partial charge in [-0.1, -0.05) is 48.7 Å². The molecule has 0 spiro atoms. The van der Waals surface area contributed by atoms with Crippen molar-refractivity contribution in [1.82, 2.24) is 4.90 Å². The third-order valence-corrected chi connectivity index (χ3v) is 3.82. The summed E-state index contributed by atoms with van der Waals surface area (Å²) >= 11 is 12.0. The number of hydrogen-bond donors (Lipinski definition) is 1. The molecule has 1 aromatic carbocycles. The van der Waals surface area contributed by atoms with Crippen molar-refractivity contribution in [3.8, 4) is 0 Å². The zero-order chi connectivity index (χ0) is 14.4. The first-order valence-corrected chi connectivity index (χ1v) is 7.13. The molecule has 0 heterocycles. The molecule has 0 aliphatic carbocycles. The summed E-state index contributed by atoms with van der Waals surface area (Å²) < 4.78 is 0. The molecule has 0 aliphatic rings. The van der Waals surface area contributed by atoms with Crippen LogP contribution in [0, 0.1) is 0 Å². The second-order valence-electron chi connectivity index (χ2n) is 4.72. The molecular formula is C14H20Cl2N2O. The molecule has 1 rings (SSSR count). The van der Waals surface area contributed by atoms with E-state index in [1.165, 1.54) is 0 Å². The molecule has 0 bridgehead atoms. The summed E-state index contributed by atoms with van der Waals surface area (Å²) in [7, 11) is 1.75. The van der Waals surface area contributed by atoms with Crippen LogP contribution in [0.15, 0.2) is 18.2 Å². The molecule has 0 radical (unpaired) electrons. The van der Waals surface area contributed by atoms with Gasteiger partial charge in [0.05, 0.1) is 10.0 Å². The van der Waals surface area contributed by atoms with Crippen molar-refractivity contribution >= 4 is 29.1 Å². The normalized spacial score (nSPS) is 12.3. The third-order valence-electron chi connectivity index (χ3n) is 2.96. The van der Waals surface area contributed by atoms with E-state index in [1.54, 1.807) is 18.0 Å². The average molecular weight is 303 g/mol. The molecule has 0 fully saturated rings. The number of amides is 1. The van der Waals surface area contributed by atoms with Crippen LogP contribution < -0.4 is 5.73 Å². The summed E-state index contributed by atoms with van der Waals surface area (Å²) in [5.74, 6) is 0.0250. The van der Waals surface area contributed by atoms with Crippen LogP contribution in [-0.4, -0.2) is 23.9 Å². The number of carbonyl (C=O) groups excluding carboxylic acids is 1. The minimum atomic E-state index is -0.0743. The highest BCUT2D eigenvalue weighted by molar-refractivity contribution is 6.42. The number of benzene rings is 1. The van der Waals surface area contributed by atoms with Gasteiger partial charge < -0.3 is 10.6 Å². The molecule has 2 N–H and O–H groups in total. The van der Waals surface area contributed by atoms with Gasteiger partial charge in [0.25, 0.3) is 0 Å². The van der Waals surface area contributed by atoms with Gasteiger partial charge in [-0.3, -0.25) is 4.79 Å². The van der Waals surface area contributed by atoms with Crippen molar-refractivity contribution in [1.29, 1.82) is 0 Å². The number of nitrogens with two attached hydrogens (primary N) is 1. The largest absolute Gasteiger partial charge is 0.341 e. The van der Waals surface area contributed by atoms with Crippen LogP contribution in [-0.2, 0) is 11.3 Å². The molecule has 106 valence electrons. The highest BCUT2D eigenvalue weighted by atomic mass is 35.5. The Morgan fingerprint density at radius 3 is 2.74 bits per heavy atom. The van der Waals surface area contributed by atoms with Gasteiger partial charge in [0, 0.05) is 26.1 Å². The monoisotopic (exact) mass is 302 g/mol. The minimum Gasteiger partial charge on any atom is -0.341 e. The van der Waals surface area contributed by atoms with Gasteiger partial charge in [0.1, 0.15) is 0 Å². The number of hydrogen-bond acceptors (Lipinski definition) is 2. The van der Waals surface area contributed by atoms with Gasteiger partial charge in [0.2, 0.25) is 5.91 Å². The number of rotatable bonds is 6. The van der Waals surface area contributed by atoms with Gasteiger partial charge in [-0.25, -0.2) is 0 Å². The van der Waals surface area contributed by atoms with E-state index in [-0.39, 0.29) is 11.9 Å². The topological polar surface area (TPSA) is 46.3 Å². The maximum Gasteiger partial charge on any atom is 0.224 e. The second-order valence-corrected chi connectivity index (χ2v) is 5.50. The fraction of sp³-hybridized carbons (Fsp3) is 0.500. The molecule has 3 nitrogen and oxygen atoms in total. The van der Waals surface area contributed by atoms with Crippen molar-refractivity contribution in [3.63, 3.8) is 0 Å². The fourth-order valence-corrected chi connectivity index (χ4v) is 2.25. The first-order chi connectivity index (χ1) is 8.95. The van der Waals surface area contributed by atoms with Crippen LogP contribution in [0.5, 0.6) is 0 Å². The van der Waals surface area contributed by atoms with Gasteiger partial charge in [0.15, 0.2) is 0 Å². The van der Waals surface area contributed by atoms with Crippen LogP contribution in [0.25, 0.3) is 0 Å². The van der Waals surface area contributed by atoms with Crippen LogP contribution in [0.2, 0.25) is 10.0 Å². The van der Waals surface area contributed by atoms with Gasteiger partial charge >= 0.3 is 0 Å². The van der Waals surface area contributed by atoms with Gasteiger partial charge in [-0.05, 0) is 18.1 Å². The van der Waals surface area contributed by atoms with E-state index in [0.717, 1.165) is 18.4 Å². The molecule has 1 unspecified atom stereocenters. The van der Waals surface area contributed by atoms with Gasteiger partial charge in [-0.2, -0.15) is 0 Å². The Morgan fingerprint density at radius 2 is 2.11 bits per heavy atom. The van der Waals surface area contributed by atoms with E-state index in [1.807, 2.05) is 12.1 Å². The zero-order valence-electron chi connectivity index (χ0n) is 11.3. The van der Waals surface area contributed by atoms with Crippen LogP contribution in [0.1, 0.15) is 31.7 Å². The average Bonchev–Trinajstić information content (AvgIpc) is 2.35. The Balaban J connectivity index is 2.61. The lowest BCUT2D eigenvalue weighted by molar-refractivity contribution is -0.130. The quantitative estimate of drug-likeness (QED) is 0.874. The molecule has 19 heavy (non-hydrogen) atoms. The smallest absolute Gasteiger partial charge is 0.224 e. The highest BCUT2D eigenvalue weighted by Gasteiger charge is 2.15. The SMILES string of the molecule is CCCC(N)CC(=O)N(C)Cc1cccc(Cl)c1Cl. The summed E-state index contributed by atoms with van der Waals surface area (Å²) in [5, 5.41) is 1.00. The van der Waals surface area contributed by atoms with Crippen molar-refractivity contribution in [3.05, 3.63) is 33.8 Å². The Hall–Kier alpha value is -0.770. The number of carbonyl (C=O) groups is 1. The molecule has 0 saturated carbocycles. The molecule has 0 saturated heterocycles. The lowest BCUT2D eigenvalue weighted by Crippen LogP contribution is -2.33. The van der Waals surface area contributed by atoms with E-state index in [2.05, 4.69) is 6.92 Å². The summed E-state index contributed by atoms with van der Waals surface area (Å²) in [4.78, 5) is 13.6. The summed E-state index contributed by atoms with van der Waals surface area (Å²) in [5.41, 5.74) is 6.72. The lowest BCUT2D eigenvalue weighted by atomic mass is 10.1. The van der Waals surface area contributed by atoms with E-state index in [0.29, 0.717) is 23.0 Å². The van der Waals surface area contributed by atoms with Gasteiger partial charge in [-0.15, -0.1) is 0 Å². The molecule has 1 aromatic rings. The Morgan fingerprint density at radius 1 is 1.42 bits per heavy atom. The summed E-state index contributed by atoms with van der Waals surface area (Å²) in [6, 6.07) is 5.34. The Labute approximate surface area is 124 Å². The third kappa shape index (κ3) is 5.01. The zero-order valence-corrected chi connectivity index (χ0v) is 12.8. The fourth-order valence-electron chi connectivity index (χ4n) is 1.87. The maximum absolute atomic E-state index is 12.0.